The van der Waals surface area contributed by atoms with E-state index in [9.17, 15) is 28.1 Å². The zero-order valence-electron chi connectivity index (χ0n) is 44.2. The maximum Gasteiger partial charge on any atom is 0.262 e. The normalized spacial score (nSPS) is 19.1. The van der Waals surface area contributed by atoms with E-state index in [-0.39, 0.29) is 18.7 Å². The van der Waals surface area contributed by atoms with Crippen LogP contribution in [0.3, 0.4) is 0 Å². The van der Waals surface area contributed by atoms with Crippen LogP contribution in [0.5, 0.6) is 5.75 Å². The number of methoxy groups -OCH3 is 1. The highest BCUT2D eigenvalue weighted by Gasteiger charge is 2.45. The Labute approximate surface area is 461 Å². The standard InChI is InChI=1S/C57H63BrFN12O6P/c1-66-34-37(31-61-66)42-29-47(63-57-60-32-44(58)53(65-57)62-46-12-9-36(27-51(46)78(3,4)76)40-7-5-6-8-45(40)59)50(77-2)30-49(42)70-21-17-38(18-22-70)68-19-15-35(16-20-68)33-67-23-25-69(26-24-67)39-10-11-41-43(28-39)56(75)71(55(41)74)48-13-14-52(72)64-54(48)73/h5-12,27-32,34-35,38,48H,13-26,33H2,1-4H3,(H,64,72,73)(H2,60,62,63,65). The molecule has 1 unspecified atom stereocenters. The molecule has 11 rings (SSSR count). The first-order valence-corrected chi connectivity index (χ1v) is 30.0. The van der Waals surface area contributed by atoms with Crippen LogP contribution in [0.15, 0.2) is 95.9 Å². The van der Waals surface area contributed by atoms with Crippen LogP contribution in [0.4, 0.5) is 38.9 Å². The molecule has 78 heavy (non-hydrogen) atoms. The van der Waals surface area contributed by atoms with E-state index < -0.39 is 36.8 Å². The summed E-state index contributed by atoms with van der Waals surface area (Å²) in [6.45, 7) is 11.8. The van der Waals surface area contributed by atoms with Gasteiger partial charge in [0.25, 0.3) is 11.8 Å². The topological polar surface area (TPSA) is 190 Å². The maximum atomic E-state index is 14.8. The first-order valence-electron chi connectivity index (χ1n) is 26.6. The van der Waals surface area contributed by atoms with Gasteiger partial charge in [-0.1, -0.05) is 24.3 Å². The summed E-state index contributed by atoms with van der Waals surface area (Å²) < 4.78 is 36.9. The lowest BCUT2D eigenvalue weighted by Gasteiger charge is -2.44. The molecule has 0 spiro atoms. The molecule has 0 bridgehead atoms. The Morgan fingerprint density at radius 3 is 2.23 bits per heavy atom. The second-order valence-electron chi connectivity index (χ2n) is 21.3. The first-order chi connectivity index (χ1) is 37.6. The maximum absolute atomic E-state index is 14.8. The van der Waals surface area contributed by atoms with Gasteiger partial charge in [0.15, 0.2) is 0 Å². The quantitative estimate of drug-likeness (QED) is 0.0700. The summed E-state index contributed by atoms with van der Waals surface area (Å²) >= 11 is 3.61. The fourth-order valence-electron chi connectivity index (χ4n) is 11.8. The number of carbonyl (C=O) groups is 4. The number of ether oxygens (including phenoxy) is 1. The largest absolute Gasteiger partial charge is 0.494 e. The summed E-state index contributed by atoms with van der Waals surface area (Å²) in [6, 6.07) is 21.0. The van der Waals surface area contributed by atoms with Crippen LogP contribution in [0.1, 0.15) is 59.2 Å². The van der Waals surface area contributed by atoms with E-state index in [4.69, 9.17) is 9.72 Å². The van der Waals surface area contributed by atoms with E-state index in [1.807, 2.05) is 25.5 Å². The molecule has 5 aliphatic heterocycles. The number of hydrogen-bond donors (Lipinski definition) is 3. The van der Waals surface area contributed by atoms with Gasteiger partial charge in [-0.05, 0) is 128 Å². The van der Waals surface area contributed by atoms with Crippen molar-refractivity contribution in [3.8, 4) is 28.0 Å². The van der Waals surface area contributed by atoms with Crippen molar-refractivity contribution in [2.75, 3.05) is 99.8 Å². The number of fused-ring (bicyclic) bond motifs is 1. The van der Waals surface area contributed by atoms with E-state index in [1.165, 1.54) is 6.07 Å². The van der Waals surface area contributed by atoms with E-state index in [0.29, 0.717) is 72.9 Å². The molecule has 1 atom stereocenters. The van der Waals surface area contributed by atoms with Crippen molar-refractivity contribution in [1.82, 2.24) is 39.8 Å². The molecule has 18 nitrogen and oxygen atoms in total. The van der Waals surface area contributed by atoms with Gasteiger partial charge >= 0.3 is 0 Å². The summed E-state index contributed by atoms with van der Waals surface area (Å²) in [5.74, 6) is -0.309. The molecule has 4 aromatic carbocycles. The van der Waals surface area contributed by atoms with Crippen molar-refractivity contribution >= 4 is 86.5 Å². The van der Waals surface area contributed by atoms with Crippen LogP contribution in [-0.2, 0) is 21.2 Å². The number of amides is 4. The molecule has 6 aromatic rings. The number of rotatable bonds is 14. The van der Waals surface area contributed by atoms with Gasteiger partial charge < -0.3 is 34.6 Å². The number of nitrogens with one attached hydrogen (secondary N) is 3. The van der Waals surface area contributed by atoms with Gasteiger partial charge in [-0.15, -0.1) is 0 Å². The number of piperidine rings is 3. The SMILES string of the molecule is COc1cc(N2CCC(N3CCC(CN4CCN(c5ccc6c(c5)C(=O)N(C5CCC(=O)NC5=O)C6=O)CC4)CC3)CC2)c(-c2cnn(C)c2)cc1Nc1ncc(Br)c(Nc2ccc(-c3ccccc3F)cc2P(C)(C)=O)n1. The Morgan fingerprint density at radius 1 is 0.769 bits per heavy atom. The van der Waals surface area contributed by atoms with Crippen molar-refractivity contribution in [3.05, 3.63) is 113 Å². The number of likely N-dealkylation sites (tertiary alicyclic amines) is 1. The molecular weight excluding hydrogens is 1080 g/mol. The van der Waals surface area contributed by atoms with Crippen molar-refractivity contribution < 1.29 is 32.9 Å². The molecular formula is C57H63BrFN12O6P. The molecule has 4 saturated heterocycles. The zero-order chi connectivity index (χ0) is 54.4. The number of imide groups is 2. The average molecular weight is 1140 g/mol. The van der Waals surface area contributed by atoms with Crippen molar-refractivity contribution in [3.63, 3.8) is 0 Å². The summed E-state index contributed by atoms with van der Waals surface area (Å²) in [6.07, 6.45) is 10.2. The molecule has 4 fully saturated rings. The minimum atomic E-state index is -2.85. The second-order valence-corrected chi connectivity index (χ2v) is 25.4. The fourth-order valence-corrected chi connectivity index (χ4v) is 13.2. The number of benzene rings is 4. The van der Waals surface area contributed by atoms with E-state index in [1.54, 1.807) is 79.8 Å². The minimum absolute atomic E-state index is 0.0881. The van der Waals surface area contributed by atoms with Gasteiger partial charge in [0.1, 0.15) is 30.6 Å². The molecule has 21 heteroatoms. The van der Waals surface area contributed by atoms with Gasteiger partial charge in [-0.25, -0.2) is 9.37 Å². The Hall–Kier alpha value is -6.99. The highest BCUT2D eigenvalue weighted by molar-refractivity contribution is 9.10. The summed E-state index contributed by atoms with van der Waals surface area (Å²) in [4.78, 5) is 71.4. The molecule has 4 amide bonds. The smallest absolute Gasteiger partial charge is 0.262 e. The number of aromatic nitrogens is 4. The molecule has 0 radical (unpaired) electrons. The highest BCUT2D eigenvalue weighted by Crippen LogP contribution is 2.44. The Balaban J connectivity index is 0.701. The number of hydrogen-bond acceptors (Lipinski definition) is 15. The minimum Gasteiger partial charge on any atom is -0.494 e. The number of nitrogens with zero attached hydrogens (tertiary/aromatic N) is 9. The van der Waals surface area contributed by atoms with Crippen LogP contribution in [0.25, 0.3) is 22.3 Å². The van der Waals surface area contributed by atoms with Crippen molar-refractivity contribution in [2.45, 2.75) is 50.6 Å². The number of carbonyl (C=O) groups excluding carboxylic acids is 4. The van der Waals surface area contributed by atoms with E-state index in [2.05, 4.69) is 73.7 Å². The van der Waals surface area contributed by atoms with Gasteiger partial charge in [0.2, 0.25) is 17.8 Å². The molecule has 7 heterocycles. The van der Waals surface area contributed by atoms with Crippen molar-refractivity contribution in [1.29, 1.82) is 0 Å². The third-order valence-electron chi connectivity index (χ3n) is 16.0. The predicted molar refractivity (Wildman–Crippen MR) is 304 cm³/mol. The second kappa shape index (κ2) is 22.0. The number of halogens is 2. The van der Waals surface area contributed by atoms with Gasteiger partial charge in [0, 0.05) is 117 Å². The van der Waals surface area contributed by atoms with Gasteiger partial charge in [-0.3, -0.25) is 39.0 Å². The lowest BCUT2D eigenvalue weighted by atomic mass is 9.92. The molecule has 2 aromatic heterocycles. The highest BCUT2D eigenvalue weighted by atomic mass is 79.9. The summed E-state index contributed by atoms with van der Waals surface area (Å²) in [7, 11) is 0.722. The zero-order valence-corrected chi connectivity index (χ0v) is 46.7. The van der Waals surface area contributed by atoms with Crippen LogP contribution in [0.2, 0.25) is 0 Å². The van der Waals surface area contributed by atoms with Gasteiger partial charge in [0.05, 0.1) is 40.3 Å². The number of piperazine rings is 1. The number of aryl methyl sites for hydroxylation is 1. The van der Waals surface area contributed by atoms with Crippen molar-refractivity contribution in [2.24, 2.45) is 13.0 Å². The van der Waals surface area contributed by atoms with Gasteiger partial charge in [-0.2, -0.15) is 10.1 Å². The Kier molecular flexibility index (Phi) is 15.0. The first kappa shape index (κ1) is 53.0. The third kappa shape index (κ3) is 10.9. The lowest BCUT2D eigenvalue weighted by molar-refractivity contribution is -0.136. The monoisotopic (exact) mass is 1140 g/mol. The van der Waals surface area contributed by atoms with Crippen LogP contribution in [-0.4, -0.2) is 150 Å². The van der Waals surface area contributed by atoms with Crippen LogP contribution < -0.4 is 35.8 Å². The fraction of sp³-hybridized carbons (Fsp3) is 0.386. The Bertz CT molecular complexity index is 3370. The van der Waals surface area contributed by atoms with Crippen LogP contribution in [0, 0.1) is 11.7 Å². The third-order valence-corrected chi connectivity index (χ3v) is 18.1. The number of anilines is 6. The molecule has 3 N–H and O–H groups in total. The Morgan fingerprint density at radius 2 is 1.53 bits per heavy atom. The predicted octanol–water partition coefficient (Wildman–Crippen LogP) is 8.09. The molecule has 0 aliphatic carbocycles. The summed E-state index contributed by atoms with van der Waals surface area (Å²) in [5, 5.41) is 14.1. The lowest BCUT2D eigenvalue weighted by Crippen LogP contribution is -2.54. The average Bonchev–Trinajstić information content (AvgIpc) is 4.07. The van der Waals surface area contributed by atoms with Crippen LogP contribution >= 0.6 is 23.1 Å². The van der Waals surface area contributed by atoms with E-state index >= 15 is 0 Å². The van der Waals surface area contributed by atoms with E-state index in [0.717, 1.165) is 112 Å². The summed E-state index contributed by atoms with van der Waals surface area (Å²) in [5.41, 5.74) is 6.85. The molecule has 406 valence electrons. The molecule has 5 aliphatic rings. The molecule has 0 saturated carbocycles.